The van der Waals surface area contributed by atoms with E-state index in [-0.39, 0.29) is 5.56 Å². The molecule has 0 aliphatic heterocycles. The Morgan fingerprint density at radius 2 is 1.19 bits per heavy atom. The fourth-order valence-corrected chi connectivity index (χ4v) is 2.86. The minimum Gasteiger partial charge on any atom is -0.493 e. The van der Waals surface area contributed by atoms with Crippen LogP contribution in [0.2, 0.25) is 0 Å². The molecule has 1 aromatic rings. The number of carboxylic acid groups (broad SMARTS) is 1. The molecule has 0 heterocycles. The molecule has 0 aromatic heterocycles. The summed E-state index contributed by atoms with van der Waals surface area (Å²) < 4.78 is 5.42. The lowest BCUT2D eigenvalue weighted by Crippen LogP contribution is -2.04. The summed E-state index contributed by atoms with van der Waals surface area (Å²) in [5, 5.41) is 8.89. The van der Waals surface area contributed by atoms with Crippen LogP contribution >= 0.6 is 0 Å². The summed E-state index contributed by atoms with van der Waals surface area (Å²) >= 11 is 0. The normalized spacial score (nSPS) is 10.2. The Labute approximate surface area is 167 Å². The van der Waals surface area contributed by atoms with Gasteiger partial charge in [-0.25, -0.2) is 4.79 Å². The third-order valence-electron chi connectivity index (χ3n) is 4.58. The van der Waals surface area contributed by atoms with Crippen LogP contribution in [0.15, 0.2) is 24.3 Å². The van der Waals surface area contributed by atoms with Crippen molar-refractivity contribution in [3.63, 3.8) is 0 Å². The van der Waals surface area contributed by atoms with Gasteiger partial charge >= 0.3 is 5.97 Å². The van der Waals surface area contributed by atoms with Crippen molar-refractivity contribution in [2.75, 3.05) is 6.61 Å². The van der Waals surface area contributed by atoms with E-state index < -0.39 is 5.97 Å². The van der Waals surface area contributed by atoms with Gasteiger partial charge in [0.2, 0.25) is 0 Å². The van der Waals surface area contributed by atoms with Crippen LogP contribution in [-0.2, 0) is 0 Å². The summed E-state index contributed by atoms with van der Waals surface area (Å²) in [6.07, 6.45) is 17.6. The molecule has 156 valence electrons. The van der Waals surface area contributed by atoms with Crippen LogP contribution in [0.3, 0.4) is 0 Å². The van der Waals surface area contributed by atoms with E-state index in [2.05, 4.69) is 20.8 Å². The lowest BCUT2D eigenvalue weighted by molar-refractivity contribution is 0.0692. The second-order valence-corrected chi connectivity index (χ2v) is 7.19. The van der Waals surface area contributed by atoms with Crippen molar-refractivity contribution in [1.29, 1.82) is 0 Å². The van der Waals surface area contributed by atoms with E-state index in [1.165, 1.54) is 64.2 Å². The number of carboxylic acids is 1. The van der Waals surface area contributed by atoms with Gasteiger partial charge in [0, 0.05) is 0 Å². The zero-order chi connectivity index (χ0) is 20.2. The largest absolute Gasteiger partial charge is 0.493 e. The van der Waals surface area contributed by atoms with Crippen molar-refractivity contribution in [3.05, 3.63) is 29.8 Å². The monoisotopic (exact) mass is 378 g/mol. The van der Waals surface area contributed by atoms with Gasteiger partial charge in [-0.3, -0.25) is 0 Å². The summed E-state index contributed by atoms with van der Waals surface area (Å²) in [4.78, 5) is 10.8. The van der Waals surface area contributed by atoms with Crippen molar-refractivity contribution in [3.8, 4) is 5.75 Å². The summed E-state index contributed by atoms with van der Waals surface area (Å²) in [5.41, 5.74) is 0.231. The van der Waals surface area contributed by atoms with E-state index in [1.807, 2.05) is 0 Å². The maximum atomic E-state index is 10.8. The molecule has 3 nitrogen and oxygen atoms in total. The van der Waals surface area contributed by atoms with Gasteiger partial charge < -0.3 is 9.84 Å². The first-order valence-electron chi connectivity index (χ1n) is 11.1. The molecule has 0 saturated heterocycles. The first-order valence-corrected chi connectivity index (χ1v) is 11.1. The van der Waals surface area contributed by atoms with E-state index in [0.717, 1.165) is 19.3 Å². The fraction of sp³-hybridized carbons (Fsp3) is 0.708. The van der Waals surface area contributed by atoms with Crippen molar-refractivity contribution >= 4 is 5.97 Å². The molecule has 0 aliphatic carbocycles. The minimum absolute atomic E-state index is 0.231. The lowest BCUT2D eigenvalue weighted by Gasteiger charge is -2.08. The zero-order valence-electron chi connectivity index (χ0n) is 18.0. The predicted octanol–water partition coefficient (Wildman–Crippen LogP) is 7.88. The van der Waals surface area contributed by atoms with E-state index in [0.29, 0.717) is 12.4 Å². The number of aromatic carboxylic acids is 1. The molecule has 0 amide bonds. The highest BCUT2D eigenvalue weighted by molar-refractivity contribution is 5.90. The van der Waals surface area contributed by atoms with Gasteiger partial charge in [0.15, 0.2) is 0 Å². The average Bonchev–Trinajstić information content (AvgIpc) is 2.68. The Hall–Kier alpha value is -1.51. The van der Waals surface area contributed by atoms with E-state index >= 15 is 0 Å². The lowest BCUT2D eigenvalue weighted by atomic mass is 10.1. The quantitative estimate of drug-likeness (QED) is 0.316. The number of para-hydroxylation sites is 1. The van der Waals surface area contributed by atoms with Crippen molar-refractivity contribution < 1.29 is 14.6 Å². The van der Waals surface area contributed by atoms with E-state index in [9.17, 15) is 4.79 Å². The minimum atomic E-state index is -0.943. The molecule has 0 fully saturated rings. The molecule has 1 rings (SSSR count). The summed E-state index contributed by atoms with van der Waals surface area (Å²) in [5.74, 6) is -0.484. The molecule has 0 spiro atoms. The van der Waals surface area contributed by atoms with Crippen molar-refractivity contribution in [1.82, 2.24) is 0 Å². The Kier molecular flexibility index (Phi) is 18.2. The topological polar surface area (TPSA) is 46.5 Å². The fourth-order valence-electron chi connectivity index (χ4n) is 2.86. The highest BCUT2D eigenvalue weighted by Gasteiger charge is 2.09. The van der Waals surface area contributed by atoms with E-state index in [1.54, 1.807) is 24.3 Å². The van der Waals surface area contributed by atoms with Crippen LogP contribution in [-0.4, -0.2) is 17.7 Å². The number of hydrogen-bond donors (Lipinski definition) is 1. The van der Waals surface area contributed by atoms with Gasteiger partial charge in [0.25, 0.3) is 0 Å². The van der Waals surface area contributed by atoms with Crippen LogP contribution in [0.4, 0.5) is 0 Å². The highest BCUT2D eigenvalue weighted by Crippen LogP contribution is 2.18. The number of hydrogen-bond acceptors (Lipinski definition) is 2. The van der Waals surface area contributed by atoms with Gasteiger partial charge in [0.05, 0.1) is 6.61 Å². The molecular weight excluding hydrogens is 336 g/mol. The molecule has 1 aromatic carbocycles. The summed E-state index contributed by atoms with van der Waals surface area (Å²) in [6, 6.07) is 6.72. The van der Waals surface area contributed by atoms with Gasteiger partial charge in [-0.1, -0.05) is 110 Å². The van der Waals surface area contributed by atoms with Crippen molar-refractivity contribution in [2.45, 2.75) is 104 Å². The standard InChI is InChI=1S/C12H16O3.C12H26/c1-2-3-6-9-15-11-8-5-4-7-10(11)12(13)14;1-3-5-7-9-11-12-10-8-6-4-2/h4-5,7-8H,2-3,6,9H2,1H3,(H,13,14);3-12H2,1-2H3. The molecule has 0 radical (unpaired) electrons. The molecule has 0 bridgehead atoms. The maximum Gasteiger partial charge on any atom is 0.339 e. The SMILES string of the molecule is CCCCCCCCCCCC.CCCCCOc1ccccc1C(=O)O. The van der Waals surface area contributed by atoms with Gasteiger partial charge in [-0.15, -0.1) is 0 Å². The van der Waals surface area contributed by atoms with Gasteiger partial charge in [0.1, 0.15) is 11.3 Å². The Bertz CT molecular complexity index is 447. The third-order valence-corrected chi connectivity index (χ3v) is 4.58. The van der Waals surface area contributed by atoms with Crippen LogP contribution in [0.1, 0.15) is 115 Å². The number of benzene rings is 1. The third kappa shape index (κ3) is 15.3. The van der Waals surface area contributed by atoms with Crippen LogP contribution in [0, 0.1) is 0 Å². The van der Waals surface area contributed by atoms with Gasteiger partial charge in [-0.05, 0) is 18.6 Å². The Morgan fingerprint density at radius 1 is 0.741 bits per heavy atom. The molecule has 0 unspecified atom stereocenters. The Morgan fingerprint density at radius 3 is 1.67 bits per heavy atom. The number of carbonyl (C=O) groups is 1. The predicted molar refractivity (Wildman–Crippen MR) is 116 cm³/mol. The first kappa shape index (κ1) is 25.5. The molecule has 3 heteroatoms. The zero-order valence-corrected chi connectivity index (χ0v) is 18.0. The second-order valence-electron chi connectivity index (χ2n) is 7.19. The molecular formula is C24H42O3. The van der Waals surface area contributed by atoms with E-state index in [4.69, 9.17) is 9.84 Å². The average molecular weight is 379 g/mol. The molecule has 0 atom stereocenters. The summed E-state index contributed by atoms with van der Waals surface area (Å²) in [7, 11) is 0. The summed E-state index contributed by atoms with van der Waals surface area (Å²) in [6.45, 7) is 7.26. The molecule has 27 heavy (non-hydrogen) atoms. The van der Waals surface area contributed by atoms with Gasteiger partial charge in [-0.2, -0.15) is 0 Å². The Balaban J connectivity index is 0.000000516. The second kappa shape index (κ2) is 19.3. The van der Waals surface area contributed by atoms with Crippen LogP contribution in [0.25, 0.3) is 0 Å². The van der Waals surface area contributed by atoms with Crippen molar-refractivity contribution in [2.24, 2.45) is 0 Å². The maximum absolute atomic E-state index is 10.8. The molecule has 0 saturated carbocycles. The smallest absolute Gasteiger partial charge is 0.339 e. The molecule has 1 N–H and O–H groups in total. The van der Waals surface area contributed by atoms with Crippen LogP contribution in [0.5, 0.6) is 5.75 Å². The van der Waals surface area contributed by atoms with Crippen LogP contribution < -0.4 is 4.74 Å². The molecule has 0 aliphatic rings. The number of rotatable bonds is 15. The first-order chi connectivity index (χ1) is 13.2. The highest BCUT2D eigenvalue weighted by atomic mass is 16.5. The number of unbranched alkanes of at least 4 members (excludes halogenated alkanes) is 11. The number of ether oxygens (including phenoxy) is 1.